The average Bonchev–Trinajstić information content (AvgIpc) is 3.02. The van der Waals surface area contributed by atoms with Crippen LogP contribution in [0.4, 0.5) is 0 Å². The fourth-order valence-corrected chi connectivity index (χ4v) is 6.32. The van der Waals surface area contributed by atoms with Gasteiger partial charge in [-0.05, 0) is 36.2 Å². The highest BCUT2D eigenvalue weighted by molar-refractivity contribution is 5.87. The minimum atomic E-state index is -1.60. The molecule has 1 saturated heterocycles. The van der Waals surface area contributed by atoms with Crippen molar-refractivity contribution in [3.8, 4) is 0 Å². The molecule has 3 N–H and O–H groups in total. The minimum Gasteiger partial charge on any atom is -0.456 e. The summed E-state index contributed by atoms with van der Waals surface area (Å²) in [5.74, 6) is -3.17. The van der Waals surface area contributed by atoms with Crippen molar-refractivity contribution in [1.29, 1.82) is 0 Å². The maximum atomic E-state index is 13.2. The third kappa shape index (κ3) is 4.62. The lowest BCUT2D eigenvalue weighted by Gasteiger charge is -2.57. The Balaban J connectivity index is 1.82. The molecular formula is C25H38O8. The van der Waals surface area contributed by atoms with Crippen molar-refractivity contribution in [1.82, 2.24) is 0 Å². The molecule has 0 aromatic rings. The van der Waals surface area contributed by atoms with Gasteiger partial charge in [0.25, 0.3) is 0 Å². The zero-order valence-corrected chi connectivity index (χ0v) is 19.9. The first kappa shape index (κ1) is 25.8. The number of carbonyl (C=O) groups is 3. The lowest BCUT2D eigenvalue weighted by Crippen LogP contribution is -2.65. The quantitative estimate of drug-likeness (QED) is 0.254. The van der Waals surface area contributed by atoms with E-state index in [1.54, 1.807) is 6.08 Å². The summed E-state index contributed by atoms with van der Waals surface area (Å²) in [6.07, 6.45) is 3.59. The monoisotopic (exact) mass is 466 g/mol. The van der Waals surface area contributed by atoms with Crippen LogP contribution in [-0.4, -0.2) is 58.1 Å². The minimum absolute atomic E-state index is 0.197. The maximum Gasteiger partial charge on any atom is 0.335 e. The molecule has 1 aliphatic heterocycles. The molecule has 2 aliphatic carbocycles. The van der Waals surface area contributed by atoms with Gasteiger partial charge in [0, 0.05) is 0 Å². The normalized spacial score (nSPS) is 35.6. The molecule has 1 spiro atoms. The first-order chi connectivity index (χ1) is 15.6. The van der Waals surface area contributed by atoms with E-state index in [-0.39, 0.29) is 18.4 Å². The molecule has 3 rings (SSSR count). The number of allylic oxidation sites excluding steroid dienone is 1. The lowest BCUT2D eigenvalue weighted by molar-refractivity contribution is -0.215. The highest BCUT2D eigenvalue weighted by atomic mass is 16.6. The number of cyclic esters (lactones) is 1. The highest BCUT2D eigenvalue weighted by Gasteiger charge is 2.74. The van der Waals surface area contributed by atoms with E-state index in [9.17, 15) is 29.7 Å². The standard InChI is InChI=1S/C25H38O8/c1-4-5-6-7-8-9-10-16(27)21(29)32-20-17(28)13-24(2,3)18-12-11-15(14-26)19-22(30)33-23(31)25(18,19)20/h11,14,16-20,22,27-28,30H,4-10,12-13H2,1-3H3/t16-,17-,18-,19+,20-,22-,25+/m1/s1. The van der Waals surface area contributed by atoms with Gasteiger partial charge in [0.05, 0.1) is 12.0 Å². The fraction of sp³-hybridized carbons (Fsp3) is 0.800. The predicted octanol–water partition coefficient (Wildman–Crippen LogP) is 2.42. The lowest BCUT2D eigenvalue weighted by atomic mass is 9.46. The van der Waals surface area contributed by atoms with E-state index in [1.165, 1.54) is 0 Å². The van der Waals surface area contributed by atoms with Crippen molar-refractivity contribution in [3.05, 3.63) is 11.6 Å². The fourth-order valence-electron chi connectivity index (χ4n) is 6.32. The number of ether oxygens (including phenoxy) is 2. The average molecular weight is 467 g/mol. The SMILES string of the molecule is CCCCCCCC[C@@H](O)C(=O)O[C@@H]1[C@H](O)CC(C)(C)[C@H]2CC=C(C=O)[C@H]3[C@H](O)OC(=O)[C@@]123. The summed E-state index contributed by atoms with van der Waals surface area (Å²) in [7, 11) is 0. The topological polar surface area (TPSA) is 130 Å². The van der Waals surface area contributed by atoms with Gasteiger partial charge in [0.1, 0.15) is 17.8 Å². The zero-order chi connectivity index (χ0) is 24.4. The van der Waals surface area contributed by atoms with E-state index in [0.29, 0.717) is 19.1 Å². The molecule has 1 heterocycles. The highest BCUT2D eigenvalue weighted by Crippen LogP contribution is 2.64. The Kier molecular flexibility index (Phi) is 8.02. The number of unbranched alkanes of at least 4 members (excludes halogenated alkanes) is 5. The van der Waals surface area contributed by atoms with Gasteiger partial charge in [0.15, 0.2) is 6.10 Å². The van der Waals surface area contributed by atoms with Crippen LogP contribution in [0, 0.1) is 22.7 Å². The molecule has 0 unspecified atom stereocenters. The van der Waals surface area contributed by atoms with Crippen molar-refractivity contribution < 1.29 is 39.2 Å². The molecule has 7 atom stereocenters. The summed E-state index contributed by atoms with van der Waals surface area (Å²) in [5, 5.41) is 32.0. The number of hydrogen-bond donors (Lipinski definition) is 3. The van der Waals surface area contributed by atoms with Gasteiger partial charge in [-0.3, -0.25) is 9.59 Å². The molecule has 8 nitrogen and oxygen atoms in total. The number of carbonyl (C=O) groups excluding carboxylic acids is 3. The summed E-state index contributed by atoms with van der Waals surface area (Å²) in [6, 6.07) is 0. The molecule has 3 aliphatic rings. The van der Waals surface area contributed by atoms with E-state index in [4.69, 9.17) is 9.47 Å². The van der Waals surface area contributed by atoms with Crippen LogP contribution in [0.15, 0.2) is 11.6 Å². The first-order valence-electron chi connectivity index (χ1n) is 12.2. The molecule has 0 aromatic heterocycles. The molecule has 0 aromatic carbocycles. The van der Waals surface area contributed by atoms with Gasteiger partial charge >= 0.3 is 11.9 Å². The van der Waals surface area contributed by atoms with Crippen molar-refractivity contribution in [2.75, 3.05) is 0 Å². The second kappa shape index (κ2) is 10.2. The van der Waals surface area contributed by atoms with Crippen LogP contribution in [0.3, 0.4) is 0 Å². The third-order valence-corrected chi connectivity index (χ3v) is 7.89. The summed E-state index contributed by atoms with van der Waals surface area (Å²) in [4.78, 5) is 37.8. The van der Waals surface area contributed by atoms with Crippen LogP contribution >= 0.6 is 0 Å². The predicted molar refractivity (Wildman–Crippen MR) is 119 cm³/mol. The zero-order valence-electron chi connectivity index (χ0n) is 19.9. The smallest absolute Gasteiger partial charge is 0.335 e. The second-order valence-electron chi connectivity index (χ2n) is 10.5. The molecule has 8 heteroatoms. The van der Waals surface area contributed by atoms with Gasteiger partial charge < -0.3 is 24.8 Å². The largest absolute Gasteiger partial charge is 0.456 e. The van der Waals surface area contributed by atoms with Gasteiger partial charge in [-0.25, -0.2) is 4.79 Å². The number of rotatable bonds is 10. The van der Waals surface area contributed by atoms with Crippen molar-refractivity contribution in [2.24, 2.45) is 22.7 Å². The van der Waals surface area contributed by atoms with Crippen molar-refractivity contribution >= 4 is 18.2 Å². The first-order valence-corrected chi connectivity index (χ1v) is 12.2. The third-order valence-electron chi connectivity index (χ3n) is 7.89. The number of hydrogen-bond acceptors (Lipinski definition) is 8. The molecule has 2 fully saturated rings. The van der Waals surface area contributed by atoms with Crippen LogP contribution in [0.25, 0.3) is 0 Å². The number of aliphatic hydroxyl groups excluding tert-OH is 3. The Bertz CT molecular complexity index is 774. The number of esters is 2. The summed E-state index contributed by atoms with van der Waals surface area (Å²) < 4.78 is 10.8. The molecular weight excluding hydrogens is 428 g/mol. The molecule has 1 saturated carbocycles. The van der Waals surface area contributed by atoms with E-state index in [2.05, 4.69) is 6.92 Å². The van der Waals surface area contributed by atoms with Gasteiger partial charge in [-0.2, -0.15) is 0 Å². The van der Waals surface area contributed by atoms with Crippen LogP contribution in [0.5, 0.6) is 0 Å². The molecule has 0 amide bonds. The summed E-state index contributed by atoms with van der Waals surface area (Å²) in [6.45, 7) is 5.94. The number of aldehydes is 1. The maximum absolute atomic E-state index is 13.2. The summed E-state index contributed by atoms with van der Waals surface area (Å²) >= 11 is 0. The number of aliphatic hydroxyl groups is 3. The van der Waals surface area contributed by atoms with Crippen LogP contribution in [0.1, 0.15) is 78.6 Å². The Morgan fingerprint density at radius 2 is 1.91 bits per heavy atom. The Labute approximate surface area is 195 Å². The Morgan fingerprint density at radius 3 is 2.58 bits per heavy atom. The van der Waals surface area contributed by atoms with Crippen LogP contribution < -0.4 is 0 Å². The molecule has 33 heavy (non-hydrogen) atoms. The second-order valence-corrected chi connectivity index (χ2v) is 10.5. The van der Waals surface area contributed by atoms with Gasteiger partial charge in [-0.15, -0.1) is 0 Å². The van der Waals surface area contributed by atoms with E-state index in [1.807, 2.05) is 13.8 Å². The Hall–Kier alpha value is -1.77. The van der Waals surface area contributed by atoms with E-state index >= 15 is 0 Å². The van der Waals surface area contributed by atoms with Crippen LogP contribution in [-0.2, 0) is 23.9 Å². The van der Waals surface area contributed by atoms with Crippen molar-refractivity contribution in [2.45, 2.75) is 103 Å². The Morgan fingerprint density at radius 1 is 1.24 bits per heavy atom. The van der Waals surface area contributed by atoms with Crippen LogP contribution in [0.2, 0.25) is 0 Å². The van der Waals surface area contributed by atoms with Crippen molar-refractivity contribution in [3.63, 3.8) is 0 Å². The van der Waals surface area contributed by atoms with E-state index < -0.39 is 59.2 Å². The van der Waals surface area contributed by atoms with Gasteiger partial charge in [0.2, 0.25) is 6.29 Å². The molecule has 0 radical (unpaired) electrons. The molecule has 186 valence electrons. The van der Waals surface area contributed by atoms with E-state index in [0.717, 1.165) is 32.1 Å². The summed E-state index contributed by atoms with van der Waals surface area (Å²) in [5.41, 5.74) is -1.95. The van der Waals surface area contributed by atoms with Gasteiger partial charge in [-0.1, -0.05) is 65.4 Å². The molecule has 0 bridgehead atoms.